The summed E-state index contributed by atoms with van der Waals surface area (Å²) in [7, 11) is 0. The van der Waals surface area contributed by atoms with E-state index in [0.29, 0.717) is 16.5 Å². The number of hydrogen-bond donors (Lipinski definition) is 0. The van der Waals surface area contributed by atoms with Crippen molar-refractivity contribution in [2.75, 3.05) is 6.26 Å². The predicted molar refractivity (Wildman–Crippen MR) is 96.8 cm³/mol. The number of rotatable bonds is 5. The van der Waals surface area contributed by atoms with Crippen LogP contribution in [0, 0.1) is 0 Å². The number of hydrogen-bond acceptors (Lipinski definition) is 6. The Morgan fingerprint density at radius 3 is 2.68 bits per heavy atom. The SMILES string of the molecule is CSc1ccc(Cl)c(C(=O)O[C@@H](C)c2nnc(-c3ccccc3)o2)c1. The van der Waals surface area contributed by atoms with Gasteiger partial charge in [0, 0.05) is 10.5 Å². The quantitative estimate of drug-likeness (QED) is 0.461. The third-order valence-corrected chi connectivity index (χ3v) is 4.54. The molecule has 0 saturated heterocycles. The summed E-state index contributed by atoms with van der Waals surface area (Å²) < 4.78 is 11.0. The number of nitrogens with zero attached hydrogens (tertiary/aromatic N) is 2. The summed E-state index contributed by atoms with van der Waals surface area (Å²) in [5.41, 5.74) is 1.11. The van der Waals surface area contributed by atoms with E-state index in [9.17, 15) is 4.79 Å². The first-order valence-corrected chi connectivity index (χ1v) is 9.12. The highest BCUT2D eigenvalue weighted by atomic mass is 35.5. The molecule has 5 nitrogen and oxygen atoms in total. The van der Waals surface area contributed by atoms with Crippen LogP contribution < -0.4 is 0 Å². The largest absolute Gasteiger partial charge is 0.449 e. The molecular weight excluding hydrogens is 360 g/mol. The number of ether oxygens (including phenoxy) is 1. The second kappa shape index (κ2) is 7.72. The molecule has 3 aromatic rings. The van der Waals surface area contributed by atoms with Crippen LogP contribution in [0.2, 0.25) is 5.02 Å². The van der Waals surface area contributed by atoms with Crippen LogP contribution in [-0.4, -0.2) is 22.4 Å². The highest BCUT2D eigenvalue weighted by Gasteiger charge is 2.21. The van der Waals surface area contributed by atoms with E-state index in [0.717, 1.165) is 10.5 Å². The molecule has 0 fully saturated rings. The zero-order chi connectivity index (χ0) is 17.8. The van der Waals surface area contributed by atoms with Crippen LogP contribution in [0.1, 0.15) is 29.3 Å². The van der Waals surface area contributed by atoms with Gasteiger partial charge in [0.2, 0.25) is 5.89 Å². The number of carbonyl (C=O) groups excluding carboxylic acids is 1. The van der Waals surface area contributed by atoms with Gasteiger partial charge in [0.1, 0.15) is 0 Å². The number of aromatic nitrogens is 2. The molecule has 1 aromatic heterocycles. The van der Waals surface area contributed by atoms with Crippen LogP contribution in [0.4, 0.5) is 0 Å². The van der Waals surface area contributed by atoms with Gasteiger partial charge in [-0.25, -0.2) is 4.79 Å². The molecule has 0 aliphatic carbocycles. The van der Waals surface area contributed by atoms with Crippen molar-refractivity contribution in [2.45, 2.75) is 17.9 Å². The standard InChI is InChI=1S/C18H15ClN2O3S/c1-11(16-20-21-17(24-16)12-6-4-3-5-7-12)23-18(22)14-10-13(25-2)8-9-15(14)19/h3-11H,1-2H3/t11-/m0/s1. The normalized spacial score (nSPS) is 12.0. The Balaban J connectivity index is 1.75. The lowest BCUT2D eigenvalue weighted by Crippen LogP contribution is -2.10. The van der Waals surface area contributed by atoms with E-state index >= 15 is 0 Å². The molecule has 0 radical (unpaired) electrons. The predicted octanol–water partition coefficient (Wildman–Crippen LogP) is 5.03. The molecule has 0 spiro atoms. The van der Waals surface area contributed by atoms with Crippen molar-refractivity contribution >= 4 is 29.3 Å². The summed E-state index contributed by atoms with van der Waals surface area (Å²) >= 11 is 7.62. The van der Waals surface area contributed by atoms with Crippen LogP contribution in [-0.2, 0) is 4.74 Å². The van der Waals surface area contributed by atoms with Gasteiger partial charge in [0.15, 0.2) is 6.10 Å². The summed E-state index contributed by atoms with van der Waals surface area (Å²) in [5, 5.41) is 8.30. The molecule has 0 N–H and O–H groups in total. The molecule has 2 aromatic carbocycles. The maximum atomic E-state index is 12.4. The van der Waals surface area contributed by atoms with E-state index in [-0.39, 0.29) is 5.89 Å². The molecule has 3 rings (SSSR count). The van der Waals surface area contributed by atoms with Crippen molar-refractivity contribution in [2.24, 2.45) is 0 Å². The van der Waals surface area contributed by atoms with Crippen LogP contribution in [0.25, 0.3) is 11.5 Å². The molecule has 1 atom stereocenters. The van der Waals surface area contributed by atoms with Crippen molar-refractivity contribution in [1.29, 1.82) is 0 Å². The Morgan fingerprint density at radius 1 is 1.20 bits per heavy atom. The van der Waals surface area contributed by atoms with Crippen molar-refractivity contribution in [3.8, 4) is 11.5 Å². The van der Waals surface area contributed by atoms with Crippen molar-refractivity contribution in [3.63, 3.8) is 0 Å². The van der Waals surface area contributed by atoms with E-state index in [2.05, 4.69) is 10.2 Å². The fourth-order valence-electron chi connectivity index (χ4n) is 2.16. The van der Waals surface area contributed by atoms with Crippen LogP contribution in [0.3, 0.4) is 0 Å². The molecule has 128 valence electrons. The highest BCUT2D eigenvalue weighted by Crippen LogP contribution is 2.27. The van der Waals surface area contributed by atoms with Gasteiger partial charge in [-0.3, -0.25) is 0 Å². The van der Waals surface area contributed by atoms with Crippen molar-refractivity contribution < 1.29 is 13.9 Å². The minimum absolute atomic E-state index is 0.226. The van der Waals surface area contributed by atoms with E-state index < -0.39 is 12.1 Å². The van der Waals surface area contributed by atoms with Crippen LogP contribution in [0.5, 0.6) is 0 Å². The highest BCUT2D eigenvalue weighted by molar-refractivity contribution is 7.98. The number of esters is 1. The second-order valence-electron chi connectivity index (χ2n) is 5.20. The summed E-state index contributed by atoms with van der Waals surface area (Å²) in [4.78, 5) is 13.3. The maximum absolute atomic E-state index is 12.4. The van der Waals surface area contributed by atoms with Gasteiger partial charge in [-0.05, 0) is 43.5 Å². The molecule has 0 bridgehead atoms. The number of benzene rings is 2. The molecule has 0 saturated carbocycles. The van der Waals surface area contributed by atoms with Crippen molar-refractivity contribution in [1.82, 2.24) is 10.2 Å². The number of carbonyl (C=O) groups is 1. The lowest BCUT2D eigenvalue weighted by Gasteiger charge is -2.11. The third kappa shape index (κ3) is 4.03. The first-order valence-electron chi connectivity index (χ1n) is 7.52. The molecule has 7 heteroatoms. The van der Waals surface area contributed by atoms with Gasteiger partial charge in [0.05, 0.1) is 10.6 Å². The average molecular weight is 375 g/mol. The van der Waals surface area contributed by atoms with Gasteiger partial charge in [-0.15, -0.1) is 22.0 Å². The van der Waals surface area contributed by atoms with E-state index in [1.807, 2.05) is 42.7 Å². The minimum atomic E-state index is -0.688. The van der Waals surface area contributed by atoms with Crippen molar-refractivity contribution in [3.05, 3.63) is 65.0 Å². The molecule has 1 heterocycles. The average Bonchev–Trinajstić information content (AvgIpc) is 3.13. The van der Waals surface area contributed by atoms with Gasteiger partial charge in [-0.2, -0.15) is 0 Å². The first-order chi connectivity index (χ1) is 12.1. The van der Waals surface area contributed by atoms with Crippen LogP contribution in [0.15, 0.2) is 57.8 Å². The third-order valence-electron chi connectivity index (χ3n) is 3.49. The number of halogens is 1. The van der Waals surface area contributed by atoms with E-state index in [1.165, 1.54) is 11.8 Å². The zero-order valence-corrected chi connectivity index (χ0v) is 15.2. The first kappa shape index (κ1) is 17.5. The van der Waals surface area contributed by atoms with Gasteiger partial charge >= 0.3 is 5.97 Å². The Kier molecular flexibility index (Phi) is 5.40. The lowest BCUT2D eigenvalue weighted by atomic mass is 10.2. The smallest absolute Gasteiger partial charge is 0.340 e. The molecule has 25 heavy (non-hydrogen) atoms. The summed E-state index contributed by atoms with van der Waals surface area (Å²) in [6.07, 6.45) is 1.23. The molecule has 0 unspecified atom stereocenters. The molecule has 0 aliphatic heterocycles. The van der Waals surface area contributed by atoms with Gasteiger partial charge in [0.25, 0.3) is 5.89 Å². The summed E-state index contributed by atoms with van der Waals surface area (Å²) in [5.74, 6) is 0.0677. The fraction of sp³-hybridized carbons (Fsp3) is 0.167. The summed E-state index contributed by atoms with van der Waals surface area (Å²) in [6, 6.07) is 14.6. The van der Waals surface area contributed by atoms with Crippen LogP contribution >= 0.6 is 23.4 Å². The maximum Gasteiger partial charge on any atom is 0.340 e. The Bertz CT molecular complexity index is 883. The topological polar surface area (TPSA) is 65.2 Å². The Labute approximate surface area is 154 Å². The van der Waals surface area contributed by atoms with E-state index in [4.69, 9.17) is 20.8 Å². The van der Waals surface area contributed by atoms with E-state index in [1.54, 1.807) is 19.1 Å². The Hall–Kier alpha value is -2.31. The lowest BCUT2D eigenvalue weighted by molar-refractivity contribution is 0.0280. The number of thioether (sulfide) groups is 1. The molecular formula is C18H15ClN2O3S. The van der Waals surface area contributed by atoms with Gasteiger partial charge in [-0.1, -0.05) is 29.8 Å². The monoisotopic (exact) mass is 374 g/mol. The second-order valence-corrected chi connectivity index (χ2v) is 6.49. The Morgan fingerprint density at radius 2 is 1.96 bits per heavy atom. The zero-order valence-electron chi connectivity index (χ0n) is 13.6. The minimum Gasteiger partial charge on any atom is -0.449 e. The molecule has 0 aliphatic rings. The van der Waals surface area contributed by atoms with Gasteiger partial charge < -0.3 is 9.15 Å². The molecule has 0 amide bonds. The fourth-order valence-corrected chi connectivity index (χ4v) is 2.79. The summed E-state index contributed by atoms with van der Waals surface area (Å²) in [6.45, 7) is 1.67.